The summed E-state index contributed by atoms with van der Waals surface area (Å²) in [5.41, 5.74) is 7.19. The van der Waals surface area contributed by atoms with E-state index in [1.54, 1.807) is 0 Å². The highest BCUT2D eigenvalue weighted by molar-refractivity contribution is 5.88. The van der Waals surface area contributed by atoms with Gasteiger partial charge in [-0.3, -0.25) is 4.90 Å². The molecule has 0 saturated carbocycles. The molecule has 0 bridgehead atoms. The summed E-state index contributed by atoms with van der Waals surface area (Å²) in [7, 11) is 1.99. The van der Waals surface area contributed by atoms with Gasteiger partial charge in [0.25, 0.3) is 0 Å². The second-order valence-electron chi connectivity index (χ2n) is 5.86. The molecule has 0 fully saturated rings. The van der Waals surface area contributed by atoms with Gasteiger partial charge in [-0.2, -0.15) is 0 Å². The van der Waals surface area contributed by atoms with E-state index >= 15 is 0 Å². The largest absolute Gasteiger partial charge is 0.493 e. The molecule has 1 atom stereocenters. The van der Waals surface area contributed by atoms with Crippen LogP contribution in [0.25, 0.3) is 10.8 Å². The molecule has 0 aliphatic rings. The summed E-state index contributed by atoms with van der Waals surface area (Å²) in [6.07, 6.45) is 2.14. The van der Waals surface area contributed by atoms with E-state index in [1.807, 2.05) is 25.2 Å². The van der Waals surface area contributed by atoms with Crippen molar-refractivity contribution in [3.8, 4) is 5.75 Å². The van der Waals surface area contributed by atoms with Crippen molar-refractivity contribution in [2.24, 2.45) is 5.73 Å². The first-order valence-electron chi connectivity index (χ1n) is 8.38. The van der Waals surface area contributed by atoms with E-state index in [0.717, 1.165) is 24.2 Å². The van der Waals surface area contributed by atoms with Crippen LogP contribution in [0.1, 0.15) is 31.4 Å². The zero-order chi connectivity index (χ0) is 16.7. The molecule has 0 heterocycles. The minimum absolute atomic E-state index is 0.0184. The van der Waals surface area contributed by atoms with Gasteiger partial charge in [-0.05, 0) is 30.3 Å². The van der Waals surface area contributed by atoms with Gasteiger partial charge in [0.05, 0.1) is 19.3 Å². The predicted octanol–water partition coefficient (Wildman–Crippen LogP) is 2.94. The Morgan fingerprint density at radius 1 is 1.22 bits per heavy atom. The zero-order valence-corrected chi connectivity index (χ0v) is 14.2. The molecule has 3 N–H and O–H groups in total. The second-order valence-corrected chi connectivity index (χ2v) is 5.86. The third kappa shape index (κ3) is 4.22. The van der Waals surface area contributed by atoms with Gasteiger partial charge >= 0.3 is 0 Å². The number of fused-ring (bicyclic) bond motifs is 1. The van der Waals surface area contributed by atoms with Crippen molar-refractivity contribution in [2.45, 2.75) is 25.8 Å². The fourth-order valence-corrected chi connectivity index (χ4v) is 2.90. The molecular weight excluding hydrogens is 288 g/mol. The van der Waals surface area contributed by atoms with Crippen molar-refractivity contribution >= 4 is 10.8 Å². The van der Waals surface area contributed by atoms with E-state index in [9.17, 15) is 5.11 Å². The lowest BCUT2D eigenvalue weighted by atomic mass is 9.96. The summed E-state index contributed by atoms with van der Waals surface area (Å²) in [6, 6.07) is 12.5. The van der Waals surface area contributed by atoms with E-state index < -0.39 is 0 Å². The standard InChI is InChI=1S/C19H28N2O2/c1-3-4-13-23-18-10-9-15-7-5-6-8-16(15)19(18)17(14-20)21(2)11-12-22/h5-10,17,22H,3-4,11-14,20H2,1-2H3. The van der Waals surface area contributed by atoms with Crippen LogP contribution < -0.4 is 10.5 Å². The van der Waals surface area contributed by atoms with Crippen molar-refractivity contribution < 1.29 is 9.84 Å². The third-order valence-electron chi connectivity index (χ3n) is 4.23. The predicted molar refractivity (Wildman–Crippen MR) is 95.9 cm³/mol. The van der Waals surface area contributed by atoms with Crippen molar-refractivity contribution in [1.82, 2.24) is 4.90 Å². The molecule has 0 amide bonds. The van der Waals surface area contributed by atoms with Gasteiger partial charge in [0.2, 0.25) is 0 Å². The Labute approximate surface area is 138 Å². The van der Waals surface area contributed by atoms with Gasteiger partial charge in [-0.25, -0.2) is 0 Å². The van der Waals surface area contributed by atoms with E-state index in [4.69, 9.17) is 10.5 Å². The molecule has 4 nitrogen and oxygen atoms in total. The Bertz CT molecular complexity index is 615. The van der Waals surface area contributed by atoms with E-state index in [0.29, 0.717) is 19.7 Å². The zero-order valence-electron chi connectivity index (χ0n) is 14.2. The molecule has 0 radical (unpaired) electrons. The first-order valence-corrected chi connectivity index (χ1v) is 8.38. The molecule has 0 aliphatic heterocycles. The van der Waals surface area contributed by atoms with Gasteiger partial charge in [0.15, 0.2) is 0 Å². The number of benzene rings is 2. The van der Waals surface area contributed by atoms with Crippen LogP contribution in [0.3, 0.4) is 0 Å². The number of nitrogens with two attached hydrogens (primary N) is 1. The topological polar surface area (TPSA) is 58.7 Å². The number of nitrogens with zero attached hydrogens (tertiary/aromatic N) is 1. The first-order chi connectivity index (χ1) is 11.2. The lowest BCUT2D eigenvalue weighted by Gasteiger charge is -2.29. The summed E-state index contributed by atoms with van der Waals surface area (Å²) in [5.74, 6) is 0.900. The normalized spacial score (nSPS) is 12.7. The van der Waals surface area contributed by atoms with E-state index in [-0.39, 0.29) is 12.6 Å². The number of likely N-dealkylation sites (N-methyl/N-ethyl adjacent to an activating group) is 1. The van der Waals surface area contributed by atoms with Crippen molar-refractivity contribution in [1.29, 1.82) is 0 Å². The molecule has 4 heteroatoms. The van der Waals surface area contributed by atoms with Crippen molar-refractivity contribution in [3.05, 3.63) is 42.0 Å². The highest BCUT2D eigenvalue weighted by Gasteiger charge is 2.22. The van der Waals surface area contributed by atoms with Crippen LogP contribution in [-0.4, -0.2) is 43.4 Å². The number of unbranched alkanes of at least 4 members (excludes halogenated alkanes) is 1. The molecule has 0 spiro atoms. The first kappa shape index (κ1) is 17.7. The summed E-state index contributed by atoms with van der Waals surface area (Å²) < 4.78 is 6.05. The minimum atomic E-state index is 0.0184. The van der Waals surface area contributed by atoms with Gasteiger partial charge in [0.1, 0.15) is 5.75 Å². The van der Waals surface area contributed by atoms with Crippen LogP contribution in [0, 0.1) is 0 Å². The maximum absolute atomic E-state index is 9.27. The fourth-order valence-electron chi connectivity index (χ4n) is 2.90. The Kier molecular flexibility index (Phi) is 6.84. The smallest absolute Gasteiger partial charge is 0.124 e. The molecule has 2 aromatic carbocycles. The molecule has 1 unspecified atom stereocenters. The van der Waals surface area contributed by atoms with Crippen LogP contribution in [0.5, 0.6) is 5.75 Å². The van der Waals surface area contributed by atoms with Gasteiger partial charge in [-0.1, -0.05) is 43.7 Å². The van der Waals surface area contributed by atoms with Crippen LogP contribution in [-0.2, 0) is 0 Å². The average molecular weight is 316 g/mol. The van der Waals surface area contributed by atoms with Gasteiger partial charge < -0.3 is 15.6 Å². The quantitative estimate of drug-likeness (QED) is 0.698. The highest BCUT2D eigenvalue weighted by atomic mass is 16.5. The molecule has 126 valence electrons. The lowest BCUT2D eigenvalue weighted by Crippen LogP contribution is -2.33. The molecule has 23 heavy (non-hydrogen) atoms. The maximum atomic E-state index is 9.27. The molecule has 2 rings (SSSR count). The van der Waals surface area contributed by atoms with Gasteiger partial charge in [0, 0.05) is 18.7 Å². The number of aliphatic hydroxyl groups excluding tert-OH is 1. The Hall–Kier alpha value is -1.62. The third-order valence-corrected chi connectivity index (χ3v) is 4.23. The number of hydrogen-bond acceptors (Lipinski definition) is 4. The summed E-state index contributed by atoms with van der Waals surface area (Å²) >= 11 is 0. The Balaban J connectivity index is 2.48. The maximum Gasteiger partial charge on any atom is 0.124 e. The summed E-state index contributed by atoms with van der Waals surface area (Å²) in [4.78, 5) is 2.09. The molecule has 0 aliphatic carbocycles. The van der Waals surface area contributed by atoms with E-state index in [1.165, 1.54) is 10.8 Å². The minimum Gasteiger partial charge on any atom is -0.493 e. The number of ether oxygens (including phenoxy) is 1. The van der Waals surface area contributed by atoms with Crippen molar-refractivity contribution in [3.63, 3.8) is 0 Å². The monoisotopic (exact) mass is 316 g/mol. The van der Waals surface area contributed by atoms with Crippen LogP contribution >= 0.6 is 0 Å². The number of rotatable bonds is 9. The fraction of sp³-hybridized carbons (Fsp3) is 0.474. The second kappa shape index (κ2) is 8.87. The molecule has 0 aromatic heterocycles. The number of aliphatic hydroxyl groups is 1. The summed E-state index contributed by atoms with van der Waals surface area (Å²) in [5, 5.41) is 11.6. The van der Waals surface area contributed by atoms with E-state index in [2.05, 4.69) is 30.0 Å². The summed E-state index contributed by atoms with van der Waals surface area (Å²) in [6.45, 7) is 4.04. The van der Waals surface area contributed by atoms with Gasteiger partial charge in [-0.15, -0.1) is 0 Å². The average Bonchev–Trinajstić information content (AvgIpc) is 2.57. The SMILES string of the molecule is CCCCOc1ccc2ccccc2c1C(CN)N(C)CCO. The lowest BCUT2D eigenvalue weighted by molar-refractivity contribution is 0.180. The number of hydrogen-bond donors (Lipinski definition) is 2. The van der Waals surface area contributed by atoms with Crippen LogP contribution in [0.4, 0.5) is 0 Å². The highest BCUT2D eigenvalue weighted by Crippen LogP contribution is 2.35. The Morgan fingerprint density at radius 3 is 2.70 bits per heavy atom. The molecule has 2 aromatic rings. The Morgan fingerprint density at radius 2 is 2.00 bits per heavy atom. The van der Waals surface area contributed by atoms with Crippen LogP contribution in [0.2, 0.25) is 0 Å². The van der Waals surface area contributed by atoms with Crippen molar-refractivity contribution in [2.75, 3.05) is 33.4 Å². The van der Waals surface area contributed by atoms with Crippen LogP contribution in [0.15, 0.2) is 36.4 Å². The molecule has 0 saturated heterocycles. The molecular formula is C19H28N2O2.